The molecule has 2 aromatic rings. The fraction of sp³-hybridized carbons (Fsp3) is 0.389. The van der Waals surface area contributed by atoms with Crippen molar-refractivity contribution in [2.24, 2.45) is 11.8 Å². The number of fused-ring (bicyclic) bond motifs is 1. The Morgan fingerprint density at radius 3 is 2.36 bits per heavy atom. The van der Waals surface area contributed by atoms with Crippen LogP contribution in [-0.4, -0.2) is 37.0 Å². The van der Waals surface area contributed by atoms with Gasteiger partial charge in [-0.25, -0.2) is 0 Å². The molecule has 1 N–H and O–H groups in total. The third-order valence-electron chi connectivity index (χ3n) is 4.83. The minimum absolute atomic E-state index is 0.150. The molecule has 2 saturated heterocycles. The summed E-state index contributed by atoms with van der Waals surface area (Å²) in [5, 5.41) is 3.40. The van der Waals surface area contributed by atoms with Crippen molar-refractivity contribution in [3.8, 4) is 11.3 Å². The maximum absolute atomic E-state index is 12.6. The molecule has 0 bridgehead atoms. The van der Waals surface area contributed by atoms with E-state index in [0.717, 1.165) is 48.8 Å². The molecular weight excluding hydrogens is 276 g/mol. The van der Waals surface area contributed by atoms with Gasteiger partial charge in [-0.1, -0.05) is 12.1 Å². The monoisotopic (exact) mass is 296 g/mol. The summed E-state index contributed by atoms with van der Waals surface area (Å²) in [7, 11) is 0. The van der Waals surface area contributed by atoms with Crippen LogP contribution in [0, 0.1) is 18.8 Å². The van der Waals surface area contributed by atoms with E-state index in [4.69, 9.17) is 4.42 Å². The minimum Gasteiger partial charge on any atom is -0.461 e. The van der Waals surface area contributed by atoms with Crippen molar-refractivity contribution in [2.75, 3.05) is 26.2 Å². The van der Waals surface area contributed by atoms with Crippen LogP contribution in [0.1, 0.15) is 16.1 Å². The van der Waals surface area contributed by atoms with E-state index < -0.39 is 0 Å². The van der Waals surface area contributed by atoms with Gasteiger partial charge in [0, 0.05) is 37.3 Å². The second-order valence-electron chi connectivity index (χ2n) is 6.38. The molecule has 4 rings (SSSR count). The van der Waals surface area contributed by atoms with Gasteiger partial charge in [-0.3, -0.25) is 4.79 Å². The number of nitrogens with zero attached hydrogens (tertiary/aromatic N) is 1. The molecule has 114 valence electrons. The summed E-state index contributed by atoms with van der Waals surface area (Å²) in [6.07, 6.45) is 0. The lowest BCUT2D eigenvalue weighted by Crippen LogP contribution is -2.31. The number of carbonyl (C=O) groups is 1. The van der Waals surface area contributed by atoms with E-state index in [1.54, 1.807) is 0 Å². The van der Waals surface area contributed by atoms with E-state index in [0.29, 0.717) is 11.8 Å². The van der Waals surface area contributed by atoms with Crippen LogP contribution in [0.3, 0.4) is 0 Å². The molecular formula is C18H20N2O2. The first-order valence-corrected chi connectivity index (χ1v) is 7.87. The van der Waals surface area contributed by atoms with Crippen LogP contribution in [0.25, 0.3) is 11.3 Å². The Morgan fingerprint density at radius 1 is 1.09 bits per heavy atom. The third-order valence-corrected chi connectivity index (χ3v) is 4.83. The van der Waals surface area contributed by atoms with Gasteiger partial charge in [0.05, 0.1) is 0 Å². The van der Waals surface area contributed by atoms with Crippen LogP contribution in [0.4, 0.5) is 0 Å². The van der Waals surface area contributed by atoms with Gasteiger partial charge < -0.3 is 14.6 Å². The molecule has 4 heteroatoms. The first-order chi connectivity index (χ1) is 10.7. The van der Waals surface area contributed by atoms with Crippen LogP contribution in [-0.2, 0) is 0 Å². The number of hydrogen-bond acceptors (Lipinski definition) is 3. The van der Waals surface area contributed by atoms with Crippen molar-refractivity contribution >= 4 is 5.91 Å². The van der Waals surface area contributed by atoms with Gasteiger partial charge in [-0.2, -0.15) is 0 Å². The van der Waals surface area contributed by atoms with Crippen molar-refractivity contribution in [1.82, 2.24) is 10.2 Å². The summed E-state index contributed by atoms with van der Waals surface area (Å²) in [6.45, 7) is 5.79. The van der Waals surface area contributed by atoms with Crippen molar-refractivity contribution in [3.05, 3.63) is 47.7 Å². The lowest BCUT2D eigenvalue weighted by Gasteiger charge is -2.17. The van der Waals surface area contributed by atoms with Crippen LogP contribution >= 0.6 is 0 Å². The highest BCUT2D eigenvalue weighted by atomic mass is 16.3. The Bertz CT molecular complexity index is 677. The molecule has 2 aliphatic rings. The number of aryl methyl sites for hydroxylation is 1. The number of carbonyl (C=O) groups excluding carboxylic acids is 1. The fourth-order valence-corrected chi connectivity index (χ4v) is 3.57. The number of rotatable bonds is 2. The standard InChI is InChI=1S/C18H20N2O2/c1-12-2-7-17(22-12)13-3-5-14(6-4-13)18(21)20-10-15-8-19-9-16(15)11-20/h2-7,15-16,19H,8-11H2,1H3. The van der Waals surface area contributed by atoms with Crippen molar-refractivity contribution in [3.63, 3.8) is 0 Å². The van der Waals surface area contributed by atoms with E-state index in [-0.39, 0.29) is 5.91 Å². The molecule has 2 aliphatic heterocycles. The molecule has 1 aromatic carbocycles. The molecule has 22 heavy (non-hydrogen) atoms. The zero-order chi connectivity index (χ0) is 15.1. The Balaban J connectivity index is 1.50. The highest BCUT2D eigenvalue weighted by molar-refractivity contribution is 5.94. The summed E-state index contributed by atoms with van der Waals surface area (Å²) in [4.78, 5) is 14.6. The lowest BCUT2D eigenvalue weighted by molar-refractivity contribution is 0.0781. The van der Waals surface area contributed by atoms with Gasteiger partial charge in [0.25, 0.3) is 5.91 Å². The number of amides is 1. The Kier molecular flexibility index (Phi) is 3.26. The average molecular weight is 296 g/mol. The Hall–Kier alpha value is -2.07. The SMILES string of the molecule is Cc1ccc(-c2ccc(C(=O)N3CC4CNCC4C3)cc2)o1. The molecule has 1 amide bonds. The number of benzene rings is 1. The smallest absolute Gasteiger partial charge is 0.253 e. The normalized spacial score (nSPS) is 23.8. The van der Waals surface area contributed by atoms with E-state index in [9.17, 15) is 4.79 Å². The zero-order valence-corrected chi connectivity index (χ0v) is 12.7. The number of furan rings is 1. The molecule has 0 saturated carbocycles. The van der Waals surface area contributed by atoms with E-state index in [1.165, 1.54) is 0 Å². The van der Waals surface area contributed by atoms with Crippen LogP contribution in [0.2, 0.25) is 0 Å². The maximum atomic E-state index is 12.6. The summed E-state index contributed by atoms with van der Waals surface area (Å²) in [5.41, 5.74) is 1.77. The molecule has 2 unspecified atom stereocenters. The molecule has 1 aromatic heterocycles. The molecule has 3 heterocycles. The second-order valence-corrected chi connectivity index (χ2v) is 6.38. The predicted octanol–water partition coefficient (Wildman–Crippen LogP) is 2.55. The lowest BCUT2D eigenvalue weighted by atomic mass is 10.0. The molecule has 0 radical (unpaired) electrons. The van der Waals surface area contributed by atoms with Gasteiger partial charge in [0.1, 0.15) is 11.5 Å². The fourth-order valence-electron chi connectivity index (χ4n) is 3.57. The first-order valence-electron chi connectivity index (χ1n) is 7.87. The molecule has 4 nitrogen and oxygen atoms in total. The van der Waals surface area contributed by atoms with Gasteiger partial charge in [-0.05, 0) is 43.0 Å². The maximum Gasteiger partial charge on any atom is 0.253 e. The predicted molar refractivity (Wildman–Crippen MR) is 84.6 cm³/mol. The van der Waals surface area contributed by atoms with Gasteiger partial charge in [0.15, 0.2) is 0 Å². The van der Waals surface area contributed by atoms with Crippen molar-refractivity contribution in [2.45, 2.75) is 6.92 Å². The molecule has 2 atom stereocenters. The van der Waals surface area contributed by atoms with E-state index in [1.807, 2.05) is 48.2 Å². The number of nitrogens with one attached hydrogen (secondary N) is 1. The van der Waals surface area contributed by atoms with Gasteiger partial charge in [-0.15, -0.1) is 0 Å². The van der Waals surface area contributed by atoms with Crippen LogP contribution < -0.4 is 5.32 Å². The van der Waals surface area contributed by atoms with Gasteiger partial charge >= 0.3 is 0 Å². The summed E-state index contributed by atoms with van der Waals surface area (Å²) in [5.74, 6) is 3.16. The summed E-state index contributed by atoms with van der Waals surface area (Å²) in [6, 6.07) is 11.6. The number of likely N-dealkylation sites (tertiary alicyclic amines) is 1. The molecule has 2 fully saturated rings. The van der Waals surface area contributed by atoms with Crippen molar-refractivity contribution < 1.29 is 9.21 Å². The molecule has 0 aliphatic carbocycles. The van der Waals surface area contributed by atoms with Crippen LogP contribution in [0.5, 0.6) is 0 Å². The van der Waals surface area contributed by atoms with E-state index in [2.05, 4.69) is 5.32 Å². The average Bonchev–Trinajstić information content (AvgIpc) is 3.22. The number of hydrogen-bond donors (Lipinski definition) is 1. The molecule has 0 spiro atoms. The highest BCUT2D eigenvalue weighted by Crippen LogP contribution is 2.28. The quantitative estimate of drug-likeness (QED) is 0.926. The Morgan fingerprint density at radius 2 is 1.77 bits per heavy atom. The van der Waals surface area contributed by atoms with Crippen LogP contribution in [0.15, 0.2) is 40.8 Å². The van der Waals surface area contributed by atoms with Gasteiger partial charge in [0.2, 0.25) is 0 Å². The first kappa shape index (κ1) is 13.6. The minimum atomic E-state index is 0.150. The summed E-state index contributed by atoms with van der Waals surface area (Å²) < 4.78 is 5.62. The zero-order valence-electron chi connectivity index (χ0n) is 12.7. The largest absolute Gasteiger partial charge is 0.461 e. The summed E-state index contributed by atoms with van der Waals surface area (Å²) >= 11 is 0. The highest BCUT2D eigenvalue weighted by Gasteiger charge is 2.38. The second kappa shape index (κ2) is 5.29. The topological polar surface area (TPSA) is 45.5 Å². The Labute approximate surface area is 130 Å². The van der Waals surface area contributed by atoms with E-state index >= 15 is 0 Å². The third kappa shape index (κ3) is 2.33. The van der Waals surface area contributed by atoms with Crippen molar-refractivity contribution in [1.29, 1.82) is 0 Å².